The van der Waals surface area contributed by atoms with E-state index in [0.717, 1.165) is 10.0 Å². The van der Waals surface area contributed by atoms with E-state index in [4.69, 9.17) is 4.74 Å². The lowest BCUT2D eigenvalue weighted by Crippen LogP contribution is -2.30. The van der Waals surface area contributed by atoms with E-state index in [1.807, 2.05) is 25.1 Å². The fraction of sp³-hybridized carbons (Fsp3) is 0.429. The highest BCUT2D eigenvalue weighted by Gasteiger charge is 2.32. The topological polar surface area (TPSA) is 46.6 Å². The maximum Gasteiger partial charge on any atom is 0.310 e. The van der Waals surface area contributed by atoms with Gasteiger partial charge in [-0.3, -0.25) is 9.59 Å². The Hall–Kier alpha value is -1.36. The minimum Gasteiger partial charge on any atom is -0.469 e. The van der Waals surface area contributed by atoms with Crippen LogP contribution in [0.4, 0.5) is 0 Å². The Balaban J connectivity index is 2.09. The summed E-state index contributed by atoms with van der Waals surface area (Å²) in [5.74, 6) is -0.463. The van der Waals surface area contributed by atoms with Crippen LogP contribution in [0.1, 0.15) is 22.3 Å². The molecule has 1 fully saturated rings. The Bertz CT molecular complexity index is 515. The third-order valence-electron chi connectivity index (χ3n) is 3.43. The van der Waals surface area contributed by atoms with Crippen LogP contribution in [-0.2, 0) is 9.53 Å². The molecule has 5 heteroatoms. The van der Waals surface area contributed by atoms with Crippen LogP contribution in [0.3, 0.4) is 0 Å². The van der Waals surface area contributed by atoms with Crippen molar-refractivity contribution >= 4 is 27.8 Å². The molecule has 0 radical (unpaired) electrons. The zero-order chi connectivity index (χ0) is 14.0. The molecule has 0 spiro atoms. The standard InChI is InChI=1S/C14H16BrNO3/c1-9-3-4-10(7-12(9)15)13(17)16-6-5-11(8-16)14(18)19-2/h3-4,7,11H,5-6,8H2,1-2H3. The van der Waals surface area contributed by atoms with Gasteiger partial charge < -0.3 is 9.64 Å². The minimum atomic E-state index is -0.236. The van der Waals surface area contributed by atoms with Crippen molar-refractivity contribution in [2.45, 2.75) is 13.3 Å². The lowest BCUT2D eigenvalue weighted by molar-refractivity contribution is -0.144. The van der Waals surface area contributed by atoms with E-state index in [1.54, 1.807) is 4.90 Å². The van der Waals surface area contributed by atoms with Crippen LogP contribution in [0.5, 0.6) is 0 Å². The first-order chi connectivity index (χ1) is 9.02. The van der Waals surface area contributed by atoms with Crippen molar-refractivity contribution in [3.05, 3.63) is 33.8 Å². The molecule has 0 N–H and O–H groups in total. The van der Waals surface area contributed by atoms with Gasteiger partial charge in [-0.1, -0.05) is 22.0 Å². The second-order valence-electron chi connectivity index (χ2n) is 4.72. The maximum atomic E-state index is 12.3. The van der Waals surface area contributed by atoms with Crippen molar-refractivity contribution in [3.63, 3.8) is 0 Å². The first-order valence-corrected chi connectivity index (χ1v) is 6.95. The van der Waals surface area contributed by atoms with Crippen LogP contribution in [0, 0.1) is 12.8 Å². The molecule has 0 bridgehead atoms. The van der Waals surface area contributed by atoms with Gasteiger partial charge in [0.25, 0.3) is 5.91 Å². The molecule has 1 atom stereocenters. The molecule has 0 saturated carbocycles. The van der Waals surface area contributed by atoms with Gasteiger partial charge in [0.1, 0.15) is 0 Å². The van der Waals surface area contributed by atoms with E-state index in [2.05, 4.69) is 15.9 Å². The number of benzene rings is 1. The molecule has 1 aromatic rings. The predicted octanol–water partition coefficient (Wildman–Crippen LogP) is 2.39. The zero-order valence-electron chi connectivity index (χ0n) is 11.0. The number of amides is 1. The average molecular weight is 326 g/mol. The number of carbonyl (C=O) groups excluding carboxylic acids is 2. The molecule has 1 saturated heterocycles. The lowest BCUT2D eigenvalue weighted by Gasteiger charge is -2.16. The summed E-state index contributed by atoms with van der Waals surface area (Å²) in [6.07, 6.45) is 0.672. The Labute approximate surface area is 120 Å². The summed E-state index contributed by atoms with van der Waals surface area (Å²) in [4.78, 5) is 25.5. The molecule has 1 unspecified atom stereocenters. The SMILES string of the molecule is COC(=O)C1CCN(C(=O)c2ccc(C)c(Br)c2)C1. The zero-order valence-corrected chi connectivity index (χ0v) is 12.6. The second-order valence-corrected chi connectivity index (χ2v) is 5.58. The van der Waals surface area contributed by atoms with Crippen molar-refractivity contribution in [1.29, 1.82) is 0 Å². The smallest absolute Gasteiger partial charge is 0.310 e. The molecule has 102 valence electrons. The number of esters is 1. The number of ether oxygens (including phenoxy) is 1. The van der Waals surface area contributed by atoms with Crippen LogP contribution < -0.4 is 0 Å². The number of carbonyl (C=O) groups is 2. The molecule has 0 aromatic heterocycles. The van der Waals surface area contributed by atoms with Gasteiger partial charge in [0.05, 0.1) is 13.0 Å². The molecule has 4 nitrogen and oxygen atoms in total. The van der Waals surface area contributed by atoms with Gasteiger partial charge in [-0.05, 0) is 31.0 Å². The van der Waals surface area contributed by atoms with Crippen LogP contribution in [0.2, 0.25) is 0 Å². The van der Waals surface area contributed by atoms with E-state index < -0.39 is 0 Å². The van der Waals surface area contributed by atoms with Gasteiger partial charge in [-0.25, -0.2) is 0 Å². The Morgan fingerprint density at radius 1 is 1.42 bits per heavy atom. The van der Waals surface area contributed by atoms with Crippen LogP contribution in [0.25, 0.3) is 0 Å². The molecule has 2 rings (SSSR count). The number of aryl methyl sites for hydroxylation is 1. The number of hydrogen-bond donors (Lipinski definition) is 0. The fourth-order valence-corrected chi connectivity index (χ4v) is 2.59. The molecular weight excluding hydrogens is 310 g/mol. The number of methoxy groups -OCH3 is 1. The molecule has 1 aliphatic rings. The average Bonchev–Trinajstić information content (AvgIpc) is 2.89. The van der Waals surface area contributed by atoms with Crippen LogP contribution in [-0.4, -0.2) is 37.0 Å². The van der Waals surface area contributed by atoms with Crippen molar-refractivity contribution in [3.8, 4) is 0 Å². The summed E-state index contributed by atoms with van der Waals surface area (Å²) in [6, 6.07) is 5.54. The van der Waals surface area contributed by atoms with Gasteiger partial charge >= 0.3 is 5.97 Å². The molecular formula is C14H16BrNO3. The highest BCUT2D eigenvalue weighted by Crippen LogP contribution is 2.22. The summed E-state index contributed by atoms with van der Waals surface area (Å²) < 4.78 is 5.64. The largest absolute Gasteiger partial charge is 0.469 e. The van der Waals surface area contributed by atoms with E-state index in [1.165, 1.54) is 7.11 Å². The summed E-state index contributed by atoms with van der Waals surface area (Å²) in [5, 5.41) is 0. The highest BCUT2D eigenvalue weighted by atomic mass is 79.9. The highest BCUT2D eigenvalue weighted by molar-refractivity contribution is 9.10. The van der Waals surface area contributed by atoms with E-state index in [0.29, 0.717) is 25.1 Å². The first-order valence-electron chi connectivity index (χ1n) is 6.16. The number of nitrogens with zero attached hydrogens (tertiary/aromatic N) is 1. The molecule has 19 heavy (non-hydrogen) atoms. The first kappa shape index (κ1) is 14.1. The number of rotatable bonds is 2. The lowest BCUT2D eigenvalue weighted by atomic mass is 10.1. The Morgan fingerprint density at radius 3 is 2.79 bits per heavy atom. The van der Waals surface area contributed by atoms with E-state index in [9.17, 15) is 9.59 Å². The maximum absolute atomic E-state index is 12.3. The van der Waals surface area contributed by atoms with Gasteiger partial charge in [0, 0.05) is 23.1 Å². The quantitative estimate of drug-likeness (QED) is 0.784. The summed E-state index contributed by atoms with van der Waals surface area (Å²) in [5.41, 5.74) is 1.73. The normalized spacial score (nSPS) is 18.5. The van der Waals surface area contributed by atoms with E-state index >= 15 is 0 Å². The fourth-order valence-electron chi connectivity index (χ4n) is 2.21. The van der Waals surface area contributed by atoms with Crippen LogP contribution in [0.15, 0.2) is 22.7 Å². The molecule has 1 aromatic carbocycles. The van der Waals surface area contributed by atoms with Gasteiger partial charge in [0.15, 0.2) is 0 Å². The van der Waals surface area contributed by atoms with Gasteiger partial charge in [0.2, 0.25) is 0 Å². The van der Waals surface area contributed by atoms with Crippen molar-refractivity contribution in [2.75, 3.05) is 20.2 Å². The van der Waals surface area contributed by atoms with Crippen molar-refractivity contribution < 1.29 is 14.3 Å². The third kappa shape index (κ3) is 2.97. The van der Waals surface area contributed by atoms with E-state index in [-0.39, 0.29) is 17.8 Å². The number of halogens is 1. The number of likely N-dealkylation sites (tertiary alicyclic amines) is 1. The monoisotopic (exact) mass is 325 g/mol. The van der Waals surface area contributed by atoms with Gasteiger partial charge in [-0.2, -0.15) is 0 Å². The summed E-state index contributed by atoms with van der Waals surface area (Å²) in [7, 11) is 1.38. The minimum absolute atomic E-state index is 0.0351. The Kier molecular flexibility index (Phi) is 4.24. The molecule has 1 aliphatic heterocycles. The summed E-state index contributed by atoms with van der Waals surface area (Å²) >= 11 is 3.42. The number of hydrogen-bond acceptors (Lipinski definition) is 3. The third-order valence-corrected chi connectivity index (χ3v) is 4.28. The van der Waals surface area contributed by atoms with Crippen molar-refractivity contribution in [1.82, 2.24) is 4.90 Å². The summed E-state index contributed by atoms with van der Waals surface area (Å²) in [6.45, 7) is 3.02. The van der Waals surface area contributed by atoms with Crippen LogP contribution >= 0.6 is 15.9 Å². The predicted molar refractivity (Wildman–Crippen MR) is 74.9 cm³/mol. The Morgan fingerprint density at radius 2 is 2.16 bits per heavy atom. The molecule has 0 aliphatic carbocycles. The second kappa shape index (κ2) is 5.74. The van der Waals surface area contributed by atoms with Gasteiger partial charge in [-0.15, -0.1) is 0 Å². The molecule has 1 heterocycles. The molecule has 1 amide bonds. The van der Waals surface area contributed by atoms with Crippen molar-refractivity contribution in [2.24, 2.45) is 5.92 Å².